The van der Waals surface area contributed by atoms with Crippen molar-refractivity contribution in [1.29, 1.82) is 0 Å². The average molecular weight is 396 g/mol. The maximum atomic E-state index is 12.3. The van der Waals surface area contributed by atoms with Gasteiger partial charge in [-0.3, -0.25) is 15.0 Å². The summed E-state index contributed by atoms with van der Waals surface area (Å²) >= 11 is 1.41. The lowest BCUT2D eigenvalue weighted by atomic mass is 10.1. The lowest BCUT2D eigenvalue weighted by Crippen LogP contribution is -2.29. The second kappa shape index (κ2) is 8.21. The van der Waals surface area contributed by atoms with Gasteiger partial charge in [0.2, 0.25) is 10.0 Å². The molecule has 0 spiro atoms. The molecule has 1 aromatic carbocycles. The molecule has 1 aliphatic heterocycles. The van der Waals surface area contributed by atoms with E-state index in [0.717, 1.165) is 31.4 Å². The van der Waals surface area contributed by atoms with Gasteiger partial charge < -0.3 is 0 Å². The molecule has 140 valence electrons. The molecule has 0 aliphatic carbocycles. The Kier molecular flexibility index (Phi) is 5.97. The van der Waals surface area contributed by atoms with E-state index in [0.29, 0.717) is 5.01 Å². The number of piperidine rings is 1. The third-order valence-electron chi connectivity index (χ3n) is 4.19. The largest absolute Gasteiger partial charge is 0.297 e. The summed E-state index contributed by atoms with van der Waals surface area (Å²) < 4.78 is 27.1. The van der Waals surface area contributed by atoms with Gasteiger partial charge in [0.1, 0.15) is 5.01 Å². The number of non-ortho nitro benzene ring substituents is 1. The van der Waals surface area contributed by atoms with Crippen molar-refractivity contribution in [3.63, 3.8) is 0 Å². The fourth-order valence-corrected chi connectivity index (χ4v) is 4.70. The Bertz CT molecular complexity index is 876. The highest BCUT2D eigenvalue weighted by molar-refractivity contribution is 7.89. The molecule has 1 aromatic heterocycles. The van der Waals surface area contributed by atoms with Crippen LogP contribution < -0.4 is 4.72 Å². The standard InChI is InChI=1S/C16H20N4O4S2/c21-20(22)14-5-4-6-15(9-14)26(23,24)17-10-16-18-13(12-25-16)11-19-7-2-1-3-8-19/h4-6,9,12,17H,1-3,7-8,10-11H2. The SMILES string of the molecule is O=[N+]([O-])c1cccc(S(=O)(=O)NCc2nc(CN3CCCCC3)cs2)c1. The van der Waals surface area contributed by atoms with Crippen LogP contribution in [0.2, 0.25) is 0 Å². The maximum absolute atomic E-state index is 12.3. The van der Waals surface area contributed by atoms with Crippen LogP contribution in [0.1, 0.15) is 30.0 Å². The van der Waals surface area contributed by atoms with Gasteiger partial charge in [-0.25, -0.2) is 18.1 Å². The molecule has 0 saturated carbocycles. The summed E-state index contributed by atoms with van der Waals surface area (Å²) in [6.45, 7) is 3.00. The Morgan fingerprint density at radius 3 is 2.77 bits per heavy atom. The molecule has 26 heavy (non-hydrogen) atoms. The number of thiazole rings is 1. The summed E-state index contributed by atoms with van der Waals surface area (Å²) in [5.41, 5.74) is 0.687. The number of likely N-dealkylation sites (tertiary alicyclic amines) is 1. The predicted molar refractivity (Wildman–Crippen MR) is 98.4 cm³/mol. The van der Waals surface area contributed by atoms with Crippen molar-refractivity contribution in [3.8, 4) is 0 Å². The first kappa shape index (κ1) is 18.9. The summed E-state index contributed by atoms with van der Waals surface area (Å²) in [6.07, 6.45) is 3.69. The van der Waals surface area contributed by atoms with Crippen LogP contribution in [0, 0.1) is 10.1 Å². The van der Waals surface area contributed by atoms with Gasteiger partial charge in [0.05, 0.1) is 22.1 Å². The number of sulfonamides is 1. The molecule has 2 aromatic rings. The molecule has 1 aliphatic rings. The average Bonchev–Trinajstić information content (AvgIpc) is 3.08. The molecule has 1 fully saturated rings. The van der Waals surface area contributed by atoms with Crippen LogP contribution in [-0.4, -0.2) is 36.3 Å². The monoisotopic (exact) mass is 396 g/mol. The minimum Gasteiger partial charge on any atom is -0.297 e. The number of aromatic nitrogens is 1. The lowest BCUT2D eigenvalue weighted by molar-refractivity contribution is -0.385. The van der Waals surface area contributed by atoms with Crippen molar-refractivity contribution in [2.24, 2.45) is 0 Å². The molecular weight excluding hydrogens is 376 g/mol. The third kappa shape index (κ3) is 4.85. The topological polar surface area (TPSA) is 105 Å². The van der Waals surface area contributed by atoms with Crippen LogP contribution in [0.5, 0.6) is 0 Å². The first-order chi connectivity index (χ1) is 12.4. The minimum atomic E-state index is -3.83. The number of hydrogen-bond donors (Lipinski definition) is 1. The van der Waals surface area contributed by atoms with Crippen molar-refractivity contribution in [2.75, 3.05) is 13.1 Å². The van der Waals surface area contributed by atoms with Gasteiger partial charge >= 0.3 is 0 Å². The molecule has 2 heterocycles. The maximum Gasteiger partial charge on any atom is 0.270 e. The number of rotatable bonds is 7. The summed E-state index contributed by atoms with van der Waals surface area (Å²) in [4.78, 5) is 16.9. The molecular formula is C16H20N4O4S2. The first-order valence-corrected chi connectivity index (χ1v) is 10.7. The Labute approximate surface area is 156 Å². The molecule has 0 bridgehead atoms. The Morgan fingerprint density at radius 1 is 1.27 bits per heavy atom. The fraction of sp³-hybridized carbons (Fsp3) is 0.438. The van der Waals surface area contributed by atoms with Crippen molar-refractivity contribution in [1.82, 2.24) is 14.6 Å². The van der Waals surface area contributed by atoms with E-state index in [2.05, 4.69) is 14.6 Å². The van der Waals surface area contributed by atoms with E-state index in [-0.39, 0.29) is 17.1 Å². The Balaban J connectivity index is 1.61. The molecule has 10 heteroatoms. The number of hydrogen-bond acceptors (Lipinski definition) is 7. The van der Waals surface area contributed by atoms with Gasteiger partial charge in [-0.05, 0) is 32.0 Å². The van der Waals surface area contributed by atoms with Gasteiger partial charge in [0.15, 0.2) is 0 Å². The molecule has 0 atom stereocenters. The van der Waals surface area contributed by atoms with Gasteiger partial charge in [-0.1, -0.05) is 12.5 Å². The quantitative estimate of drug-likeness (QED) is 0.569. The number of benzene rings is 1. The van der Waals surface area contributed by atoms with Crippen LogP contribution in [0.25, 0.3) is 0 Å². The zero-order valence-corrected chi connectivity index (χ0v) is 15.8. The third-order valence-corrected chi connectivity index (χ3v) is 6.48. The first-order valence-electron chi connectivity index (χ1n) is 8.34. The van der Waals surface area contributed by atoms with Gasteiger partial charge in [-0.15, -0.1) is 11.3 Å². The van der Waals surface area contributed by atoms with Crippen LogP contribution in [0.15, 0.2) is 34.5 Å². The fourth-order valence-electron chi connectivity index (χ4n) is 2.85. The highest BCUT2D eigenvalue weighted by Crippen LogP contribution is 2.19. The van der Waals surface area contributed by atoms with Crippen molar-refractivity contribution in [3.05, 3.63) is 50.5 Å². The predicted octanol–water partition coefficient (Wildman–Crippen LogP) is 2.52. The van der Waals surface area contributed by atoms with E-state index in [1.54, 1.807) is 0 Å². The summed E-state index contributed by atoms with van der Waals surface area (Å²) in [5, 5.41) is 13.4. The number of nitrogens with one attached hydrogen (secondary N) is 1. The van der Waals surface area contributed by atoms with Gasteiger partial charge in [-0.2, -0.15) is 0 Å². The Hall–Kier alpha value is -1.88. The van der Waals surface area contributed by atoms with Crippen LogP contribution in [0.4, 0.5) is 5.69 Å². The summed E-state index contributed by atoms with van der Waals surface area (Å²) in [5.74, 6) is 0. The Morgan fingerprint density at radius 2 is 2.04 bits per heavy atom. The van der Waals surface area contributed by atoms with Crippen molar-refractivity contribution < 1.29 is 13.3 Å². The molecule has 0 unspecified atom stereocenters. The smallest absolute Gasteiger partial charge is 0.270 e. The van der Waals surface area contributed by atoms with Gasteiger partial charge in [0.25, 0.3) is 5.69 Å². The lowest BCUT2D eigenvalue weighted by Gasteiger charge is -2.25. The number of nitro benzene ring substituents is 1. The van der Waals surface area contributed by atoms with Crippen LogP contribution >= 0.6 is 11.3 Å². The molecule has 0 radical (unpaired) electrons. The van der Waals surface area contributed by atoms with Crippen molar-refractivity contribution in [2.45, 2.75) is 37.2 Å². The molecule has 1 saturated heterocycles. The molecule has 1 N–H and O–H groups in total. The second-order valence-corrected chi connectivity index (χ2v) is 8.86. The van der Waals surface area contributed by atoms with E-state index >= 15 is 0 Å². The second-order valence-electron chi connectivity index (χ2n) is 6.15. The van der Waals surface area contributed by atoms with Crippen LogP contribution in [-0.2, 0) is 23.1 Å². The van der Waals surface area contributed by atoms with E-state index in [9.17, 15) is 18.5 Å². The number of nitro groups is 1. The van der Waals surface area contributed by atoms with E-state index in [1.807, 2.05) is 5.38 Å². The highest BCUT2D eigenvalue weighted by atomic mass is 32.2. The van der Waals surface area contributed by atoms with Gasteiger partial charge in [0, 0.05) is 24.1 Å². The van der Waals surface area contributed by atoms with E-state index in [4.69, 9.17) is 0 Å². The van der Waals surface area contributed by atoms with Crippen molar-refractivity contribution >= 4 is 27.0 Å². The van der Waals surface area contributed by atoms with Crippen LogP contribution in [0.3, 0.4) is 0 Å². The normalized spacial score (nSPS) is 15.8. The highest BCUT2D eigenvalue weighted by Gasteiger charge is 2.18. The summed E-state index contributed by atoms with van der Waals surface area (Å²) in [7, 11) is -3.83. The molecule has 3 rings (SSSR count). The molecule has 0 amide bonds. The zero-order valence-electron chi connectivity index (χ0n) is 14.1. The van der Waals surface area contributed by atoms with E-state index in [1.165, 1.54) is 48.8 Å². The summed E-state index contributed by atoms with van der Waals surface area (Å²) in [6, 6.07) is 4.99. The number of nitrogens with zero attached hydrogens (tertiary/aromatic N) is 3. The van der Waals surface area contributed by atoms with E-state index < -0.39 is 14.9 Å². The minimum absolute atomic E-state index is 0.0652. The molecule has 8 nitrogen and oxygen atoms in total. The zero-order chi connectivity index (χ0) is 18.6.